The second-order valence-electron chi connectivity index (χ2n) is 6.99. The van der Waals surface area contributed by atoms with Crippen LogP contribution in [-0.2, 0) is 25.7 Å². The number of ether oxygens (including phenoxy) is 1. The van der Waals surface area contributed by atoms with Gasteiger partial charge in [0.15, 0.2) is 10.8 Å². The van der Waals surface area contributed by atoms with Crippen LogP contribution in [0.25, 0.3) is 0 Å². The number of nitrogens with two attached hydrogens (primary N) is 1. The van der Waals surface area contributed by atoms with Crippen molar-refractivity contribution in [1.29, 1.82) is 0 Å². The van der Waals surface area contributed by atoms with Gasteiger partial charge in [0.05, 0.1) is 4.92 Å². The van der Waals surface area contributed by atoms with Crippen LogP contribution < -0.4 is 11.1 Å². The first kappa shape index (κ1) is 23.2. The molecule has 2 atom stereocenters. The van der Waals surface area contributed by atoms with Gasteiger partial charge in [-0.3, -0.25) is 24.6 Å². The molecule has 1 saturated heterocycles. The Balaban J connectivity index is 1.37. The molecule has 0 saturated carbocycles. The molecule has 0 aliphatic carbocycles. The fraction of sp³-hybridized carbons (Fsp3) is 0.211. The van der Waals surface area contributed by atoms with Crippen LogP contribution in [0.5, 0.6) is 0 Å². The van der Waals surface area contributed by atoms with Crippen molar-refractivity contribution in [3.8, 4) is 0 Å². The Bertz CT molecular complexity index is 1230. The van der Waals surface area contributed by atoms with E-state index >= 15 is 0 Å². The molecule has 2 amide bonds. The number of rotatable bonds is 7. The van der Waals surface area contributed by atoms with Gasteiger partial charge in [-0.25, -0.2) is 9.78 Å². The maximum atomic E-state index is 12.7. The van der Waals surface area contributed by atoms with Crippen molar-refractivity contribution in [1.82, 2.24) is 15.2 Å². The van der Waals surface area contributed by atoms with E-state index in [-0.39, 0.29) is 28.8 Å². The van der Waals surface area contributed by atoms with Crippen molar-refractivity contribution < 1.29 is 29.3 Å². The number of oxime groups is 1. The number of hydrogen-bond acceptors (Lipinski definition) is 12. The summed E-state index contributed by atoms with van der Waals surface area (Å²) in [6.45, 7) is -0.138. The summed E-state index contributed by atoms with van der Waals surface area (Å²) in [7, 11) is 0. The summed E-state index contributed by atoms with van der Waals surface area (Å²) in [5.74, 6) is -1.69. The molecule has 1 unspecified atom stereocenters. The van der Waals surface area contributed by atoms with E-state index in [1.165, 1.54) is 46.3 Å². The molecule has 2 aliphatic heterocycles. The van der Waals surface area contributed by atoms with Gasteiger partial charge in [-0.15, -0.1) is 23.1 Å². The van der Waals surface area contributed by atoms with Crippen molar-refractivity contribution in [2.24, 2.45) is 5.16 Å². The third-order valence-corrected chi connectivity index (χ3v) is 6.80. The van der Waals surface area contributed by atoms with E-state index in [1.807, 2.05) is 0 Å². The third kappa shape index (κ3) is 4.42. The highest BCUT2D eigenvalue weighted by Crippen LogP contribution is 2.38. The lowest BCUT2D eigenvalue weighted by Crippen LogP contribution is -2.70. The summed E-state index contributed by atoms with van der Waals surface area (Å²) in [5, 5.41) is 26.5. The number of nitro benzene ring substituents is 1. The lowest BCUT2D eigenvalue weighted by molar-refractivity contribution is -0.384. The summed E-state index contributed by atoms with van der Waals surface area (Å²) in [6.07, 6.45) is 1.55. The molecular formula is C19H16N6O7S2. The number of nitrogen functional groups attached to an aromatic ring is 1. The van der Waals surface area contributed by atoms with E-state index in [9.17, 15) is 29.7 Å². The van der Waals surface area contributed by atoms with Crippen molar-refractivity contribution in [3.05, 3.63) is 62.8 Å². The number of amides is 2. The van der Waals surface area contributed by atoms with Gasteiger partial charge >= 0.3 is 5.97 Å². The maximum absolute atomic E-state index is 12.7. The Labute approximate surface area is 199 Å². The fourth-order valence-electron chi connectivity index (χ4n) is 3.29. The van der Waals surface area contributed by atoms with Crippen LogP contribution in [-0.4, -0.2) is 60.7 Å². The number of hydrogen-bond donors (Lipinski definition) is 3. The highest BCUT2D eigenvalue weighted by atomic mass is 32.2. The van der Waals surface area contributed by atoms with E-state index in [1.54, 1.807) is 6.08 Å². The quantitative estimate of drug-likeness (QED) is 0.122. The number of carbonyl (C=O) groups excluding carboxylic acids is 3. The largest absolute Gasteiger partial charge is 0.456 e. The molecule has 3 heterocycles. The van der Waals surface area contributed by atoms with Gasteiger partial charge in [0.1, 0.15) is 29.4 Å². The molecule has 4 N–H and O–H groups in total. The number of esters is 1. The zero-order valence-corrected chi connectivity index (χ0v) is 18.7. The molecule has 176 valence electrons. The normalized spacial score (nSPS) is 19.5. The summed E-state index contributed by atoms with van der Waals surface area (Å²) in [5.41, 5.74) is 5.72. The molecule has 1 fully saturated rings. The predicted molar refractivity (Wildman–Crippen MR) is 121 cm³/mol. The molecule has 0 radical (unpaired) electrons. The number of fused-ring (bicyclic) bond motifs is 1. The molecule has 1 aromatic carbocycles. The Morgan fingerprint density at radius 2 is 2.12 bits per heavy atom. The Hall–Kier alpha value is -3.98. The van der Waals surface area contributed by atoms with Crippen LogP contribution in [0, 0.1) is 10.1 Å². The number of benzene rings is 1. The van der Waals surface area contributed by atoms with Gasteiger partial charge in [0.2, 0.25) is 0 Å². The zero-order chi connectivity index (χ0) is 24.4. The van der Waals surface area contributed by atoms with Gasteiger partial charge in [-0.05, 0) is 23.8 Å². The first-order valence-electron chi connectivity index (χ1n) is 9.59. The highest BCUT2D eigenvalue weighted by Gasteiger charge is 2.53. The average Bonchev–Trinajstić information content (AvgIpc) is 3.26. The lowest BCUT2D eigenvalue weighted by Gasteiger charge is -2.48. The van der Waals surface area contributed by atoms with Gasteiger partial charge in [-0.2, -0.15) is 0 Å². The van der Waals surface area contributed by atoms with Gasteiger partial charge in [0.25, 0.3) is 17.5 Å². The zero-order valence-electron chi connectivity index (χ0n) is 17.1. The molecule has 2 aliphatic rings. The molecule has 34 heavy (non-hydrogen) atoms. The molecule has 0 bridgehead atoms. The van der Waals surface area contributed by atoms with Crippen LogP contribution >= 0.6 is 23.1 Å². The summed E-state index contributed by atoms with van der Waals surface area (Å²) < 4.78 is 5.26. The third-order valence-electron chi connectivity index (χ3n) is 4.94. The minimum atomic E-state index is -0.948. The first-order valence-corrected chi connectivity index (χ1v) is 11.5. The van der Waals surface area contributed by atoms with Crippen LogP contribution in [0.3, 0.4) is 0 Å². The predicted octanol–water partition coefficient (Wildman–Crippen LogP) is 0.839. The summed E-state index contributed by atoms with van der Waals surface area (Å²) in [4.78, 5) is 53.2. The highest BCUT2D eigenvalue weighted by molar-refractivity contribution is 8.00. The van der Waals surface area contributed by atoms with Gasteiger partial charge in [-0.1, -0.05) is 5.16 Å². The molecule has 13 nitrogen and oxygen atoms in total. The van der Waals surface area contributed by atoms with Gasteiger partial charge < -0.3 is 21.0 Å². The van der Waals surface area contributed by atoms with E-state index in [2.05, 4.69) is 15.5 Å². The molecular weight excluding hydrogens is 488 g/mol. The standard InChI is InChI=1S/C19H16N6O7S2/c20-19-21-11(8-34-19)13(23-29)15(26)22-14-16(27)24-12(5-6-33-17(14)24)18(28)32-7-9-1-3-10(4-2-9)25(30)31/h1-5,8,14,17,29H,6-7H2,(H2,20,21)(H,22,26)/b23-13-/t14?,17-/m1/s1. The second-order valence-corrected chi connectivity index (χ2v) is 9.03. The maximum Gasteiger partial charge on any atom is 0.355 e. The van der Waals surface area contributed by atoms with E-state index < -0.39 is 39.8 Å². The number of non-ortho nitro benzene ring substituents is 1. The van der Waals surface area contributed by atoms with Crippen molar-refractivity contribution in [2.45, 2.75) is 18.0 Å². The Morgan fingerprint density at radius 3 is 2.74 bits per heavy atom. The summed E-state index contributed by atoms with van der Waals surface area (Å²) >= 11 is 2.39. The smallest absolute Gasteiger partial charge is 0.355 e. The Kier molecular flexibility index (Phi) is 6.47. The van der Waals surface area contributed by atoms with Crippen LogP contribution in [0.2, 0.25) is 0 Å². The van der Waals surface area contributed by atoms with Crippen molar-refractivity contribution in [3.63, 3.8) is 0 Å². The lowest BCUT2D eigenvalue weighted by atomic mass is 10.0. The Morgan fingerprint density at radius 1 is 1.38 bits per heavy atom. The fourth-order valence-corrected chi connectivity index (χ4v) is 5.03. The minimum absolute atomic E-state index is 0.0458. The van der Waals surface area contributed by atoms with Crippen LogP contribution in [0.4, 0.5) is 10.8 Å². The first-order chi connectivity index (χ1) is 16.3. The number of β-lactam (4-membered cyclic amide) rings is 1. The monoisotopic (exact) mass is 504 g/mol. The summed E-state index contributed by atoms with van der Waals surface area (Å²) in [6, 6.07) is 4.58. The van der Waals surface area contributed by atoms with E-state index in [0.29, 0.717) is 11.3 Å². The van der Waals surface area contributed by atoms with Gasteiger partial charge in [0, 0.05) is 23.3 Å². The number of anilines is 1. The molecule has 4 rings (SSSR count). The number of nitrogens with one attached hydrogen (secondary N) is 1. The molecule has 1 aromatic heterocycles. The number of carbonyl (C=O) groups is 3. The number of nitrogens with zero attached hydrogens (tertiary/aromatic N) is 4. The number of thioether (sulfide) groups is 1. The minimum Gasteiger partial charge on any atom is -0.456 e. The van der Waals surface area contributed by atoms with E-state index in [0.717, 1.165) is 11.3 Å². The van der Waals surface area contributed by atoms with E-state index in [4.69, 9.17) is 10.5 Å². The average molecular weight is 505 g/mol. The van der Waals surface area contributed by atoms with Crippen molar-refractivity contribution >= 4 is 57.4 Å². The van der Waals surface area contributed by atoms with Crippen LogP contribution in [0.1, 0.15) is 11.3 Å². The molecule has 2 aromatic rings. The number of aromatic nitrogens is 1. The van der Waals surface area contributed by atoms with Crippen LogP contribution in [0.15, 0.2) is 46.6 Å². The molecule has 15 heteroatoms. The topological polar surface area (TPSA) is 190 Å². The number of thiazole rings is 1. The molecule has 0 spiro atoms. The second kappa shape index (κ2) is 9.48. The van der Waals surface area contributed by atoms with Crippen molar-refractivity contribution in [2.75, 3.05) is 11.5 Å². The number of nitro groups is 1. The SMILES string of the molecule is Nc1nc(/C(=N/O)C(=O)NC2C(=O)N3C(C(=O)OCc4ccc([N+](=O)[O-])cc4)=CCS[C@H]23)cs1.